The number of H-pyrrole nitrogens is 2. The van der Waals surface area contributed by atoms with Gasteiger partial charge in [-0.1, -0.05) is 0 Å². The molecule has 1 aliphatic rings. The van der Waals surface area contributed by atoms with Crippen LogP contribution in [0.4, 0.5) is 17.2 Å². The van der Waals surface area contributed by atoms with Crippen LogP contribution in [0, 0.1) is 0 Å². The summed E-state index contributed by atoms with van der Waals surface area (Å²) in [7, 11) is 5.66. The molecule has 12 nitrogen and oxygen atoms in total. The molecule has 6 rings (SSSR count). The number of ketones is 1. The van der Waals surface area contributed by atoms with Gasteiger partial charge < -0.3 is 35.0 Å². The molecule has 4 N–H and O–H groups in total. The standard InChI is InChI=1S/C32H34N8O4/c1-18(41)30-36-28(17-39(30)4)37-31(43)25-16-22-21-11-13-40(27(21)10-9-24(22)35-25)32(44)26-15-19-14-20(7-8-23(19)34-26)33-29(42)6-5-12-38(2)3/h7-10,14-17,34-35H,5-6,11-13H2,1-4H3,(H,33,42)(H,37,43). The summed E-state index contributed by atoms with van der Waals surface area (Å²) in [5.74, 6) is -0.221. The summed E-state index contributed by atoms with van der Waals surface area (Å²) < 4.78 is 1.57. The third-order valence-electron chi connectivity index (χ3n) is 7.83. The highest BCUT2D eigenvalue weighted by molar-refractivity contribution is 6.11. The van der Waals surface area contributed by atoms with Crippen LogP contribution < -0.4 is 15.5 Å². The van der Waals surface area contributed by atoms with Gasteiger partial charge in [0.2, 0.25) is 5.91 Å². The van der Waals surface area contributed by atoms with Crippen LogP contribution in [0.25, 0.3) is 21.8 Å². The van der Waals surface area contributed by atoms with Crippen molar-refractivity contribution in [3.8, 4) is 0 Å². The molecule has 3 amide bonds. The average molecular weight is 595 g/mol. The number of anilines is 3. The minimum atomic E-state index is -0.378. The Kier molecular flexibility index (Phi) is 7.52. The first kappa shape index (κ1) is 28.9. The van der Waals surface area contributed by atoms with Gasteiger partial charge in [-0.2, -0.15) is 0 Å². The second-order valence-corrected chi connectivity index (χ2v) is 11.4. The predicted molar refractivity (Wildman–Crippen MR) is 170 cm³/mol. The molecular formula is C32H34N8O4. The lowest BCUT2D eigenvalue weighted by atomic mass is 10.1. The van der Waals surface area contributed by atoms with E-state index in [1.807, 2.05) is 55.4 Å². The summed E-state index contributed by atoms with van der Waals surface area (Å²) in [6.45, 7) is 2.77. The Morgan fingerprint density at radius 3 is 2.50 bits per heavy atom. The van der Waals surface area contributed by atoms with Gasteiger partial charge in [0.05, 0.1) is 0 Å². The first-order chi connectivity index (χ1) is 21.1. The summed E-state index contributed by atoms with van der Waals surface area (Å²) >= 11 is 0. The van der Waals surface area contributed by atoms with Crippen LogP contribution in [-0.2, 0) is 18.3 Å². The second-order valence-electron chi connectivity index (χ2n) is 11.4. The number of fused-ring (bicyclic) bond motifs is 4. The van der Waals surface area contributed by atoms with Crippen LogP contribution in [-0.4, -0.2) is 75.1 Å². The van der Waals surface area contributed by atoms with Crippen molar-refractivity contribution < 1.29 is 19.2 Å². The number of amides is 3. The van der Waals surface area contributed by atoms with E-state index in [4.69, 9.17) is 0 Å². The van der Waals surface area contributed by atoms with Crippen molar-refractivity contribution in [3.63, 3.8) is 0 Å². The molecule has 0 radical (unpaired) electrons. The lowest BCUT2D eigenvalue weighted by Crippen LogP contribution is -2.29. The predicted octanol–water partition coefficient (Wildman–Crippen LogP) is 4.32. The SMILES string of the molecule is CC(=O)c1nc(NC(=O)c2cc3c4c(ccc3[nH]2)N(C(=O)c2cc3cc(NC(=O)CCCN(C)C)ccc3[nH]2)CC4)cn1C. The fourth-order valence-corrected chi connectivity index (χ4v) is 5.73. The monoisotopic (exact) mass is 594 g/mol. The number of imidazole rings is 1. The molecule has 0 bridgehead atoms. The van der Waals surface area contributed by atoms with Gasteiger partial charge in [0.15, 0.2) is 17.4 Å². The summed E-state index contributed by atoms with van der Waals surface area (Å²) in [6, 6.07) is 12.9. The van der Waals surface area contributed by atoms with Crippen molar-refractivity contribution in [2.75, 3.05) is 42.7 Å². The minimum absolute atomic E-state index is 0.0396. The van der Waals surface area contributed by atoms with Crippen molar-refractivity contribution >= 4 is 62.5 Å². The lowest BCUT2D eigenvalue weighted by molar-refractivity contribution is -0.116. The fourth-order valence-electron chi connectivity index (χ4n) is 5.73. The molecule has 1 aliphatic heterocycles. The smallest absolute Gasteiger partial charge is 0.274 e. The molecular weight excluding hydrogens is 560 g/mol. The number of hydrogen-bond acceptors (Lipinski definition) is 6. The van der Waals surface area contributed by atoms with Gasteiger partial charge >= 0.3 is 0 Å². The van der Waals surface area contributed by atoms with Crippen molar-refractivity contribution in [2.45, 2.75) is 26.2 Å². The van der Waals surface area contributed by atoms with Crippen molar-refractivity contribution in [1.82, 2.24) is 24.4 Å². The maximum absolute atomic E-state index is 13.7. The molecule has 0 saturated heterocycles. The first-order valence-corrected chi connectivity index (χ1v) is 14.5. The molecule has 226 valence electrons. The third kappa shape index (κ3) is 5.59. The van der Waals surface area contributed by atoms with Gasteiger partial charge in [0.1, 0.15) is 11.4 Å². The number of aromatic amines is 2. The van der Waals surface area contributed by atoms with Gasteiger partial charge in [0, 0.05) is 66.3 Å². The molecule has 0 unspecified atom stereocenters. The molecule has 12 heteroatoms. The topological polar surface area (TPSA) is 148 Å². The zero-order chi connectivity index (χ0) is 31.1. The molecule has 5 aromatic rings. The molecule has 44 heavy (non-hydrogen) atoms. The molecule has 4 heterocycles. The van der Waals surface area contributed by atoms with Crippen LogP contribution in [0.15, 0.2) is 48.7 Å². The maximum Gasteiger partial charge on any atom is 0.274 e. The number of carbonyl (C=O) groups is 4. The molecule has 0 spiro atoms. The molecule has 0 aliphatic carbocycles. The number of aromatic nitrogens is 4. The van der Waals surface area contributed by atoms with E-state index in [0.717, 1.165) is 46.0 Å². The Morgan fingerprint density at radius 1 is 0.977 bits per heavy atom. The number of nitrogens with one attached hydrogen (secondary N) is 4. The number of benzene rings is 2. The zero-order valence-corrected chi connectivity index (χ0v) is 25.1. The highest BCUT2D eigenvalue weighted by Crippen LogP contribution is 2.36. The van der Waals surface area contributed by atoms with Crippen LogP contribution in [0.3, 0.4) is 0 Å². The normalized spacial score (nSPS) is 12.7. The molecule has 0 atom stereocenters. The summed E-state index contributed by atoms with van der Waals surface area (Å²) in [5, 5.41) is 7.39. The number of carbonyl (C=O) groups excluding carboxylic acids is 4. The molecule has 0 saturated carbocycles. The number of Topliss-reactive ketones (excluding diaryl/α,β-unsaturated/α-hetero) is 1. The van der Waals surface area contributed by atoms with Gasteiger partial charge in [-0.3, -0.25) is 19.2 Å². The maximum atomic E-state index is 13.7. The van der Waals surface area contributed by atoms with Crippen molar-refractivity contribution in [2.24, 2.45) is 7.05 Å². The van der Waals surface area contributed by atoms with Crippen LogP contribution in [0.2, 0.25) is 0 Å². The molecule has 0 fully saturated rings. The number of rotatable bonds is 9. The minimum Gasteiger partial charge on any atom is -0.351 e. The number of aryl methyl sites for hydroxylation is 1. The summed E-state index contributed by atoms with van der Waals surface area (Å²) in [4.78, 5) is 65.1. The fraction of sp³-hybridized carbons (Fsp3) is 0.281. The largest absolute Gasteiger partial charge is 0.351 e. The quantitative estimate of drug-likeness (QED) is 0.187. The van der Waals surface area contributed by atoms with Gasteiger partial charge in [-0.05, 0) is 81.5 Å². The Labute approximate surface area is 253 Å². The third-order valence-corrected chi connectivity index (χ3v) is 7.83. The van der Waals surface area contributed by atoms with Gasteiger partial charge in [-0.25, -0.2) is 4.98 Å². The van der Waals surface area contributed by atoms with Crippen molar-refractivity contribution in [3.05, 3.63) is 71.4 Å². The zero-order valence-electron chi connectivity index (χ0n) is 25.1. The van der Waals surface area contributed by atoms with Crippen molar-refractivity contribution in [1.29, 1.82) is 0 Å². The summed E-state index contributed by atoms with van der Waals surface area (Å²) in [6.07, 6.45) is 3.45. The van der Waals surface area contributed by atoms with Crippen LogP contribution >= 0.6 is 0 Å². The van der Waals surface area contributed by atoms with E-state index >= 15 is 0 Å². The first-order valence-electron chi connectivity index (χ1n) is 14.5. The lowest BCUT2D eigenvalue weighted by Gasteiger charge is -2.16. The van der Waals surface area contributed by atoms with E-state index in [1.165, 1.54) is 6.92 Å². The van der Waals surface area contributed by atoms with E-state index in [1.54, 1.807) is 28.8 Å². The van der Waals surface area contributed by atoms with E-state index < -0.39 is 0 Å². The van der Waals surface area contributed by atoms with Crippen LogP contribution in [0.5, 0.6) is 0 Å². The highest BCUT2D eigenvalue weighted by Gasteiger charge is 2.29. The van der Waals surface area contributed by atoms with E-state index in [2.05, 4.69) is 25.6 Å². The van der Waals surface area contributed by atoms with E-state index in [-0.39, 0.29) is 35.1 Å². The Balaban J connectivity index is 1.18. The van der Waals surface area contributed by atoms with E-state index in [9.17, 15) is 19.2 Å². The average Bonchev–Trinajstić information content (AvgIpc) is 3.75. The Morgan fingerprint density at radius 2 is 1.75 bits per heavy atom. The molecule has 3 aromatic heterocycles. The molecule has 2 aromatic carbocycles. The second kappa shape index (κ2) is 11.5. The Hall–Kier alpha value is -5.23. The number of hydrogen-bond donors (Lipinski definition) is 4. The highest BCUT2D eigenvalue weighted by atomic mass is 16.2. The van der Waals surface area contributed by atoms with Crippen LogP contribution in [0.1, 0.15) is 56.9 Å². The van der Waals surface area contributed by atoms with Gasteiger partial charge in [-0.15, -0.1) is 0 Å². The Bertz CT molecular complexity index is 1950. The number of nitrogens with zero attached hydrogens (tertiary/aromatic N) is 4. The summed E-state index contributed by atoms with van der Waals surface area (Å²) in [5.41, 5.74) is 4.87. The van der Waals surface area contributed by atoms with E-state index in [0.29, 0.717) is 36.5 Å². The van der Waals surface area contributed by atoms with Gasteiger partial charge in [0.25, 0.3) is 11.8 Å².